The molecule has 0 radical (unpaired) electrons. The molecular formula is C30H21N3O6. The summed E-state index contributed by atoms with van der Waals surface area (Å²) in [6.45, 7) is 0. The largest absolute Gasteiger partial charge is 0.507 e. The number of aromatic nitrogens is 2. The monoisotopic (exact) mass is 519 g/mol. The van der Waals surface area contributed by atoms with Gasteiger partial charge in [-0.15, -0.1) is 0 Å². The van der Waals surface area contributed by atoms with E-state index in [2.05, 4.69) is 9.97 Å². The zero-order valence-electron chi connectivity index (χ0n) is 20.6. The van der Waals surface area contributed by atoms with E-state index in [0.29, 0.717) is 27.9 Å². The van der Waals surface area contributed by atoms with Crippen LogP contribution in [0.3, 0.4) is 0 Å². The van der Waals surface area contributed by atoms with Gasteiger partial charge >= 0.3 is 11.9 Å². The zero-order chi connectivity index (χ0) is 27.3. The van der Waals surface area contributed by atoms with Gasteiger partial charge in [-0.3, -0.25) is 14.5 Å². The fraction of sp³-hybridized carbons (Fsp3) is 0.0667. The van der Waals surface area contributed by atoms with Gasteiger partial charge in [-0.05, 0) is 52.7 Å². The molecule has 1 unspecified atom stereocenters. The van der Waals surface area contributed by atoms with Crippen molar-refractivity contribution in [2.75, 3.05) is 12.0 Å². The molecule has 1 aromatic heterocycles. The average molecular weight is 520 g/mol. The number of amides is 1. The smallest absolute Gasteiger partial charge is 0.335 e. The van der Waals surface area contributed by atoms with Gasteiger partial charge in [0.2, 0.25) is 5.95 Å². The third kappa shape index (κ3) is 3.97. The summed E-state index contributed by atoms with van der Waals surface area (Å²) < 4.78 is 5.27. The highest BCUT2D eigenvalue weighted by molar-refractivity contribution is 6.51. The fourth-order valence-corrected chi connectivity index (χ4v) is 4.89. The van der Waals surface area contributed by atoms with E-state index in [9.17, 15) is 24.6 Å². The molecule has 0 saturated carbocycles. The molecule has 6 rings (SSSR count). The van der Waals surface area contributed by atoms with Crippen LogP contribution in [0.25, 0.3) is 27.6 Å². The second-order valence-electron chi connectivity index (χ2n) is 9.10. The molecule has 39 heavy (non-hydrogen) atoms. The van der Waals surface area contributed by atoms with Crippen molar-refractivity contribution in [2.45, 2.75) is 6.04 Å². The standard InChI is InChI=1S/C30H21N3O6/c1-39-21-11-8-17(9-12-21)25-24(26(34)19-7-6-16-4-2-3-5-18(16)14-19)27(35)28(36)33(25)30-31-22-13-10-20(29(37)38)15-23(22)32-30/h2-15,25,34H,1H3,(H,31,32)(H,37,38)/b26-24+. The number of anilines is 1. The van der Waals surface area contributed by atoms with Crippen LogP contribution in [-0.4, -0.2) is 45.0 Å². The first kappa shape index (κ1) is 23.9. The molecule has 0 bridgehead atoms. The first-order chi connectivity index (χ1) is 18.9. The van der Waals surface area contributed by atoms with E-state index in [1.807, 2.05) is 30.3 Å². The summed E-state index contributed by atoms with van der Waals surface area (Å²) in [5.74, 6) is -2.54. The number of H-pyrrole nitrogens is 1. The van der Waals surface area contributed by atoms with Gasteiger partial charge in [0.05, 0.1) is 35.3 Å². The molecule has 1 saturated heterocycles. The van der Waals surface area contributed by atoms with Crippen LogP contribution < -0.4 is 9.64 Å². The lowest BCUT2D eigenvalue weighted by Gasteiger charge is -2.23. The highest BCUT2D eigenvalue weighted by Gasteiger charge is 2.48. The number of carbonyl (C=O) groups is 3. The van der Waals surface area contributed by atoms with Crippen molar-refractivity contribution in [1.82, 2.24) is 9.97 Å². The van der Waals surface area contributed by atoms with Crippen LogP contribution >= 0.6 is 0 Å². The normalized spacial score (nSPS) is 16.7. The number of imidazole rings is 1. The molecule has 1 aliphatic heterocycles. The number of aromatic amines is 1. The molecule has 9 heteroatoms. The number of hydrogen-bond acceptors (Lipinski definition) is 6. The van der Waals surface area contributed by atoms with Gasteiger partial charge in [-0.1, -0.05) is 48.5 Å². The number of carboxylic acid groups (broad SMARTS) is 1. The van der Waals surface area contributed by atoms with Crippen molar-refractivity contribution >= 4 is 51.2 Å². The van der Waals surface area contributed by atoms with E-state index in [4.69, 9.17) is 4.74 Å². The van der Waals surface area contributed by atoms with Gasteiger partial charge in [-0.2, -0.15) is 0 Å². The minimum absolute atomic E-state index is 0.0442. The lowest BCUT2D eigenvalue weighted by Crippen LogP contribution is -2.30. The second kappa shape index (κ2) is 9.14. The maximum absolute atomic E-state index is 13.5. The molecule has 9 nitrogen and oxygen atoms in total. The highest BCUT2D eigenvalue weighted by atomic mass is 16.5. The molecule has 4 aromatic carbocycles. The van der Waals surface area contributed by atoms with Crippen molar-refractivity contribution in [3.8, 4) is 5.75 Å². The molecule has 1 aliphatic rings. The number of ketones is 1. The van der Waals surface area contributed by atoms with Crippen LogP contribution in [0.1, 0.15) is 27.5 Å². The van der Waals surface area contributed by atoms with Gasteiger partial charge in [0.15, 0.2) is 0 Å². The van der Waals surface area contributed by atoms with Crippen molar-refractivity contribution in [3.63, 3.8) is 0 Å². The Balaban J connectivity index is 1.54. The minimum atomic E-state index is -1.11. The predicted molar refractivity (Wildman–Crippen MR) is 145 cm³/mol. The number of fused-ring (bicyclic) bond motifs is 2. The first-order valence-corrected chi connectivity index (χ1v) is 12.0. The zero-order valence-corrected chi connectivity index (χ0v) is 20.6. The number of aromatic carboxylic acids is 1. The molecule has 1 amide bonds. The van der Waals surface area contributed by atoms with E-state index in [-0.39, 0.29) is 22.8 Å². The van der Waals surface area contributed by atoms with E-state index in [1.165, 1.54) is 30.2 Å². The first-order valence-electron chi connectivity index (χ1n) is 12.0. The summed E-state index contributed by atoms with van der Waals surface area (Å²) in [4.78, 5) is 47.0. The summed E-state index contributed by atoms with van der Waals surface area (Å²) in [7, 11) is 1.53. The number of carboxylic acids is 1. The number of Topliss-reactive ketones (excluding diaryl/α,β-unsaturated/α-hetero) is 1. The number of nitrogens with zero attached hydrogens (tertiary/aromatic N) is 2. The van der Waals surface area contributed by atoms with E-state index in [0.717, 1.165) is 10.8 Å². The number of hydrogen-bond donors (Lipinski definition) is 3. The summed E-state index contributed by atoms with van der Waals surface area (Å²) in [5, 5.41) is 22.6. The number of rotatable bonds is 5. The summed E-state index contributed by atoms with van der Waals surface area (Å²) in [5.41, 5.74) is 1.69. The number of nitrogens with one attached hydrogen (secondary N) is 1. The topological polar surface area (TPSA) is 133 Å². The third-order valence-corrected chi connectivity index (χ3v) is 6.84. The Morgan fingerprint density at radius 1 is 0.897 bits per heavy atom. The number of benzene rings is 4. The number of methoxy groups -OCH3 is 1. The minimum Gasteiger partial charge on any atom is -0.507 e. The van der Waals surface area contributed by atoms with Crippen LogP contribution in [0.15, 0.2) is 90.5 Å². The Labute approximate surface area is 221 Å². The lowest BCUT2D eigenvalue weighted by molar-refractivity contribution is -0.132. The third-order valence-electron chi connectivity index (χ3n) is 6.84. The van der Waals surface area contributed by atoms with Gasteiger partial charge in [0.1, 0.15) is 11.5 Å². The van der Waals surface area contributed by atoms with Crippen molar-refractivity contribution in [1.29, 1.82) is 0 Å². The van der Waals surface area contributed by atoms with Crippen molar-refractivity contribution in [2.24, 2.45) is 0 Å². The molecule has 3 N–H and O–H groups in total. The Hall–Kier alpha value is -5.44. The van der Waals surface area contributed by atoms with Crippen LogP contribution in [-0.2, 0) is 9.59 Å². The molecule has 0 aliphatic carbocycles. The van der Waals surface area contributed by atoms with Gasteiger partial charge < -0.3 is 19.9 Å². The van der Waals surface area contributed by atoms with Gasteiger partial charge in [0.25, 0.3) is 5.78 Å². The number of aliphatic hydroxyl groups excluding tert-OH is 1. The van der Waals surface area contributed by atoms with Crippen LogP contribution in [0.4, 0.5) is 5.95 Å². The van der Waals surface area contributed by atoms with Crippen LogP contribution in [0.2, 0.25) is 0 Å². The van der Waals surface area contributed by atoms with E-state index < -0.39 is 23.7 Å². The Bertz CT molecular complexity index is 1840. The lowest BCUT2D eigenvalue weighted by atomic mass is 9.94. The van der Waals surface area contributed by atoms with Crippen LogP contribution in [0, 0.1) is 0 Å². The Morgan fingerprint density at radius 2 is 1.62 bits per heavy atom. The predicted octanol–water partition coefficient (Wildman–Crippen LogP) is 5.05. The fourth-order valence-electron chi connectivity index (χ4n) is 4.89. The molecule has 1 atom stereocenters. The highest BCUT2D eigenvalue weighted by Crippen LogP contribution is 2.42. The number of carbonyl (C=O) groups excluding carboxylic acids is 2. The van der Waals surface area contributed by atoms with Crippen molar-refractivity contribution in [3.05, 3.63) is 107 Å². The second-order valence-corrected chi connectivity index (χ2v) is 9.10. The average Bonchev–Trinajstić information content (AvgIpc) is 3.49. The SMILES string of the molecule is COc1ccc(C2/C(=C(\O)c3ccc4ccccc4c3)C(=O)C(=O)N2c2nc3ccc(C(=O)O)cc3[nH]2)cc1. The quantitative estimate of drug-likeness (QED) is 0.168. The summed E-state index contributed by atoms with van der Waals surface area (Å²) in [6.07, 6.45) is 0. The van der Waals surface area contributed by atoms with E-state index in [1.54, 1.807) is 36.4 Å². The maximum Gasteiger partial charge on any atom is 0.335 e. The maximum atomic E-state index is 13.5. The number of aliphatic hydroxyl groups is 1. The molecule has 1 fully saturated rings. The Morgan fingerprint density at radius 3 is 2.33 bits per heavy atom. The summed E-state index contributed by atoms with van der Waals surface area (Å²) >= 11 is 0. The molecule has 5 aromatic rings. The van der Waals surface area contributed by atoms with E-state index >= 15 is 0 Å². The number of ether oxygens (including phenoxy) is 1. The molecular weight excluding hydrogens is 498 g/mol. The Kier molecular flexibility index (Phi) is 5.61. The van der Waals surface area contributed by atoms with Crippen LogP contribution in [0.5, 0.6) is 5.75 Å². The van der Waals surface area contributed by atoms with Crippen molar-refractivity contribution < 1.29 is 29.3 Å². The van der Waals surface area contributed by atoms with Gasteiger partial charge in [0, 0.05) is 5.56 Å². The molecule has 2 heterocycles. The molecule has 0 spiro atoms. The van der Waals surface area contributed by atoms with Gasteiger partial charge in [-0.25, -0.2) is 9.78 Å². The summed E-state index contributed by atoms with van der Waals surface area (Å²) in [6, 6.07) is 23.0. The molecule has 192 valence electrons.